The Balaban J connectivity index is 1.44. The Bertz CT molecular complexity index is 682. The number of aliphatic hydroxyl groups is 1. The molecule has 0 unspecified atom stereocenters. The summed E-state index contributed by atoms with van der Waals surface area (Å²) in [6.07, 6.45) is 18.0. The number of aliphatic hydroxyl groups excluding tert-OH is 1. The second-order valence-electron chi connectivity index (χ2n) is 13.4. The van der Waals surface area contributed by atoms with Crippen LogP contribution in [0.15, 0.2) is 11.6 Å². The smallest absolute Gasteiger partial charge is 0.0701 e. The van der Waals surface area contributed by atoms with Gasteiger partial charge in [0.2, 0.25) is 0 Å². The lowest BCUT2D eigenvalue weighted by Gasteiger charge is -2.58. The summed E-state index contributed by atoms with van der Waals surface area (Å²) in [6.45, 7) is 15.8. The molecule has 0 aromatic carbocycles. The highest BCUT2D eigenvalue weighted by Gasteiger charge is 2.59. The predicted molar refractivity (Wildman–Crippen MR) is 139 cm³/mol. The zero-order valence-corrected chi connectivity index (χ0v) is 22.7. The van der Waals surface area contributed by atoms with Gasteiger partial charge in [0.05, 0.1) is 19.3 Å². The van der Waals surface area contributed by atoms with Crippen molar-refractivity contribution in [2.75, 3.05) is 13.2 Å². The van der Waals surface area contributed by atoms with E-state index in [-0.39, 0.29) is 6.61 Å². The fourth-order valence-corrected chi connectivity index (χ4v) is 9.65. The first-order valence-corrected chi connectivity index (χ1v) is 14.7. The van der Waals surface area contributed by atoms with Crippen LogP contribution in [0.25, 0.3) is 0 Å². The Morgan fingerprint density at radius 2 is 1.82 bits per heavy atom. The monoisotopic (exact) mass is 458 g/mol. The minimum atomic E-state index is 0.147. The average Bonchev–Trinajstić information content (AvgIpc) is 3.15. The molecule has 190 valence electrons. The molecule has 3 saturated carbocycles. The molecule has 4 aliphatic carbocycles. The van der Waals surface area contributed by atoms with Crippen LogP contribution in [0.2, 0.25) is 0 Å². The third-order valence-corrected chi connectivity index (χ3v) is 11.7. The Hall–Kier alpha value is -0.340. The first-order chi connectivity index (χ1) is 15.7. The highest BCUT2D eigenvalue weighted by molar-refractivity contribution is 5.25. The van der Waals surface area contributed by atoms with Crippen LogP contribution in [0, 0.1) is 52.3 Å². The maximum atomic E-state index is 9.16. The quantitative estimate of drug-likeness (QED) is 0.354. The zero-order valence-electron chi connectivity index (χ0n) is 22.7. The van der Waals surface area contributed by atoms with Gasteiger partial charge < -0.3 is 9.84 Å². The summed E-state index contributed by atoms with van der Waals surface area (Å²) in [4.78, 5) is 0. The molecule has 0 saturated heterocycles. The van der Waals surface area contributed by atoms with E-state index in [1.54, 1.807) is 5.57 Å². The molecule has 3 fully saturated rings. The van der Waals surface area contributed by atoms with E-state index in [0.717, 1.165) is 47.8 Å². The first kappa shape index (κ1) is 25.7. The van der Waals surface area contributed by atoms with Crippen LogP contribution >= 0.6 is 0 Å². The van der Waals surface area contributed by atoms with Crippen LogP contribution in [0.1, 0.15) is 112 Å². The fraction of sp³-hybridized carbons (Fsp3) is 0.935. The van der Waals surface area contributed by atoms with E-state index in [0.29, 0.717) is 23.5 Å². The molecule has 4 rings (SSSR count). The van der Waals surface area contributed by atoms with Gasteiger partial charge in [-0.2, -0.15) is 0 Å². The van der Waals surface area contributed by atoms with E-state index < -0.39 is 0 Å². The highest BCUT2D eigenvalue weighted by atomic mass is 16.5. The van der Waals surface area contributed by atoms with Crippen LogP contribution < -0.4 is 0 Å². The van der Waals surface area contributed by atoms with Crippen LogP contribution in [0.4, 0.5) is 0 Å². The maximum Gasteiger partial charge on any atom is 0.0701 e. The summed E-state index contributed by atoms with van der Waals surface area (Å²) in [5.74, 6) is 6.29. The third-order valence-electron chi connectivity index (χ3n) is 11.7. The van der Waals surface area contributed by atoms with Gasteiger partial charge in [-0.1, -0.05) is 66.0 Å². The minimum Gasteiger partial charge on any atom is -0.394 e. The lowest BCUT2D eigenvalue weighted by molar-refractivity contribution is -0.0659. The molecule has 1 N–H and O–H groups in total. The van der Waals surface area contributed by atoms with E-state index in [1.807, 2.05) is 0 Å². The van der Waals surface area contributed by atoms with Crippen LogP contribution in [-0.4, -0.2) is 24.4 Å². The third kappa shape index (κ3) is 4.74. The van der Waals surface area contributed by atoms with Gasteiger partial charge in [0.1, 0.15) is 0 Å². The Morgan fingerprint density at radius 1 is 1.03 bits per heavy atom. The molecule has 0 radical (unpaired) electrons. The zero-order chi connectivity index (χ0) is 23.8. The summed E-state index contributed by atoms with van der Waals surface area (Å²) < 4.78 is 5.96. The van der Waals surface area contributed by atoms with Crippen molar-refractivity contribution < 1.29 is 9.84 Å². The molecular weight excluding hydrogens is 404 g/mol. The summed E-state index contributed by atoms with van der Waals surface area (Å²) in [5, 5.41) is 9.16. The second-order valence-corrected chi connectivity index (χ2v) is 13.4. The summed E-state index contributed by atoms with van der Waals surface area (Å²) >= 11 is 0. The molecule has 0 aliphatic heterocycles. The Labute approximate surface area is 205 Å². The number of fused-ring (bicyclic) bond motifs is 5. The standard InChI is InChI=1S/C31H54O2/c1-7-23(21(2)3)9-8-22(4)27-12-13-28-26-11-10-24-20-25(33-19-18-32)14-16-30(24,5)29(26)15-17-31(27,28)6/h10,21-23,25-29,32H,7-9,11-20H2,1-6H3/t22-,23-,25+,26+,27-,28+,29+,30+,31-/m1/s1. The molecule has 0 aromatic heterocycles. The van der Waals surface area contributed by atoms with Crippen molar-refractivity contribution in [2.24, 2.45) is 52.3 Å². The molecule has 33 heavy (non-hydrogen) atoms. The van der Waals surface area contributed by atoms with Crippen molar-refractivity contribution in [1.29, 1.82) is 0 Å². The van der Waals surface area contributed by atoms with Gasteiger partial charge in [-0.3, -0.25) is 0 Å². The molecule has 0 spiro atoms. The molecule has 2 nitrogen and oxygen atoms in total. The second kappa shape index (κ2) is 10.3. The molecule has 9 atom stereocenters. The number of hydrogen-bond acceptors (Lipinski definition) is 2. The van der Waals surface area contributed by atoms with Gasteiger partial charge in [-0.25, -0.2) is 0 Å². The van der Waals surface area contributed by atoms with E-state index in [9.17, 15) is 0 Å². The Kier molecular flexibility index (Phi) is 8.06. The molecule has 0 amide bonds. The van der Waals surface area contributed by atoms with Gasteiger partial charge in [-0.05, 0) is 110 Å². The van der Waals surface area contributed by atoms with Crippen molar-refractivity contribution in [1.82, 2.24) is 0 Å². The SMILES string of the molecule is CC[C@H](CC[C@@H](C)[C@H]1CC[C@H]2[C@@H]3CC=C4C[C@@H](OCCO)CC[C@]4(C)[C@H]3CC[C@]12C)C(C)C. The van der Waals surface area contributed by atoms with E-state index in [2.05, 4.69) is 47.6 Å². The molecule has 0 aromatic rings. The molecule has 0 bridgehead atoms. The van der Waals surface area contributed by atoms with Crippen molar-refractivity contribution in [3.05, 3.63) is 11.6 Å². The van der Waals surface area contributed by atoms with Crippen LogP contribution in [0.3, 0.4) is 0 Å². The van der Waals surface area contributed by atoms with Crippen molar-refractivity contribution in [2.45, 2.75) is 118 Å². The van der Waals surface area contributed by atoms with Gasteiger partial charge >= 0.3 is 0 Å². The van der Waals surface area contributed by atoms with Crippen LogP contribution in [0.5, 0.6) is 0 Å². The topological polar surface area (TPSA) is 29.5 Å². The van der Waals surface area contributed by atoms with Gasteiger partial charge in [0, 0.05) is 0 Å². The van der Waals surface area contributed by atoms with Crippen molar-refractivity contribution >= 4 is 0 Å². The van der Waals surface area contributed by atoms with E-state index in [4.69, 9.17) is 9.84 Å². The van der Waals surface area contributed by atoms with Crippen molar-refractivity contribution in [3.8, 4) is 0 Å². The number of rotatable bonds is 9. The minimum absolute atomic E-state index is 0.147. The highest BCUT2D eigenvalue weighted by Crippen LogP contribution is 2.67. The Morgan fingerprint density at radius 3 is 2.52 bits per heavy atom. The predicted octanol–water partition coefficient (Wildman–Crippen LogP) is 8.04. The summed E-state index contributed by atoms with van der Waals surface area (Å²) in [7, 11) is 0. The largest absolute Gasteiger partial charge is 0.394 e. The molecule has 4 aliphatic rings. The lowest BCUT2D eigenvalue weighted by atomic mass is 9.47. The van der Waals surface area contributed by atoms with Gasteiger partial charge in [0.15, 0.2) is 0 Å². The van der Waals surface area contributed by atoms with Crippen LogP contribution in [-0.2, 0) is 4.74 Å². The molecule has 0 heterocycles. The van der Waals surface area contributed by atoms with E-state index >= 15 is 0 Å². The summed E-state index contributed by atoms with van der Waals surface area (Å²) in [5.41, 5.74) is 2.67. The number of allylic oxidation sites excluding steroid dienone is 1. The van der Waals surface area contributed by atoms with Crippen molar-refractivity contribution in [3.63, 3.8) is 0 Å². The number of ether oxygens (including phenoxy) is 1. The first-order valence-electron chi connectivity index (χ1n) is 14.7. The fourth-order valence-electron chi connectivity index (χ4n) is 9.65. The molecule has 2 heteroatoms. The van der Waals surface area contributed by atoms with Gasteiger partial charge in [0.25, 0.3) is 0 Å². The number of hydrogen-bond donors (Lipinski definition) is 1. The maximum absolute atomic E-state index is 9.16. The lowest BCUT2D eigenvalue weighted by Crippen LogP contribution is -2.51. The van der Waals surface area contributed by atoms with Gasteiger partial charge in [-0.15, -0.1) is 0 Å². The average molecular weight is 459 g/mol. The summed E-state index contributed by atoms with van der Waals surface area (Å²) in [6, 6.07) is 0. The van der Waals surface area contributed by atoms with E-state index in [1.165, 1.54) is 64.2 Å². The normalized spacial score (nSPS) is 42.3. The molecular formula is C31H54O2.